The summed E-state index contributed by atoms with van der Waals surface area (Å²) in [5.74, 6) is 1.90. The molecule has 3 aromatic heterocycles. The molecular formula is C15H17N5O5S. The minimum atomic E-state index is -3.92. The van der Waals surface area contributed by atoms with E-state index in [2.05, 4.69) is 25.1 Å². The lowest BCUT2D eigenvalue weighted by atomic mass is 10.4. The van der Waals surface area contributed by atoms with Crippen molar-refractivity contribution in [2.24, 2.45) is 0 Å². The van der Waals surface area contributed by atoms with E-state index in [4.69, 9.17) is 13.4 Å². The van der Waals surface area contributed by atoms with Crippen molar-refractivity contribution < 1.29 is 21.8 Å². The Morgan fingerprint density at radius 2 is 2.08 bits per heavy atom. The molecule has 1 atom stereocenters. The summed E-state index contributed by atoms with van der Waals surface area (Å²) < 4.78 is 43.4. The molecular weight excluding hydrogens is 362 g/mol. The summed E-state index contributed by atoms with van der Waals surface area (Å²) in [4.78, 5) is 4.12. The normalized spacial score (nSPS) is 16.1. The van der Waals surface area contributed by atoms with Crippen molar-refractivity contribution in [3.05, 3.63) is 29.7 Å². The van der Waals surface area contributed by atoms with E-state index < -0.39 is 16.1 Å². The van der Waals surface area contributed by atoms with Crippen molar-refractivity contribution in [2.45, 2.75) is 50.2 Å². The van der Waals surface area contributed by atoms with Gasteiger partial charge in [0.25, 0.3) is 15.9 Å². The van der Waals surface area contributed by atoms with Crippen molar-refractivity contribution in [3.63, 3.8) is 0 Å². The Morgan fingerprint density at radius 3 is 2.77 bits per heavy atom. The van der Waals surface area contributed by atoms with Gasteiger partial charge in [-0.15, -0.1) is 10.2 Å². The Labute approximate surface area is 149 Å². The second-order valence-electron chi connectivity index (χ2n) is 6.08. The number of hydrogen-bond acceptors (Lipinski definition) is 9. The van der Waals surface area contributed by atoms with Gasteiger partial charge in [0.05, 0.1) is 6.04 Å². The van der Waals surface area contributed by atoms with Gasteiger partial charge in [0, 0.05) is 12.3 Å². The van der Waals surface area contributed by atoms with E-state index in [1.54, 1.807) is 6.92 Å². The molecule has 3 aromatic rings. The molecule has 1 aliphatic rings. The fourth-order valence-electron chi connectivity index (χ4n) is 2.34. The average molecular weight is 379 g/mol. The van der Waals surface area contributed by atoms with Crippen molar-refractivity contribution in [3.8, 4) is 11.7 Å². The van der Waals surface area contributed by atoms with Crippen LogP contribution in [0.25, 0.3) is 11.7 Å². The molecule has 26 heavy (non-hydrogen) atoms. The number of furan rings is 1. The third-order valence-electron chi connectivity index (χ3n) is 3.93. The van der Waals surface area contributed by atoms with E-state index in [-0.39, 0.29) is 22.6 Å². The van der Waals surface area contributed by atoms with E-state index in [0.29, 0.717) is 24.1 Å². The molecule has 1 saturated carbocycles. The van der Waals surface area contributed by atoms with Crippen molar-refractivity contribution in [1.82, 2.24) is 25.1 Å². The molecule has 0 unspecified atom stereocenters. The SMILES string of the molecule is CCc1noc([C@@H](C)NS(=O)(=O)c2ccc(-c3nnc(C4CC4)o3)o2)n1. The molecule has 0 spiro atoms. The molecule has 1 fully saturated rings. The Bertz CT molecular complexity index is 1020. The minimum absolute atomic E-state index is 0.158. The van der Waals surface area contributed by atoms with Crippen LogP contribution >= 0.6 is 0 Å². The minimum Gasteiger partial charge on any atom is -0.438 e. The van der Waals surface area contributed by atoms with E-state index in [1.165, 1.54) is 12.1 Å². The standard InChI is InChI=1S/C15H17N5O5S/c1-3-11-16-13(25-19-11)8(2)20-26(21,22)12-7-6-10(23-12)15-18-17-14(24-15)9-4-5-9/h6-9,20H,3-5H2,1-2H3/t8-/m1/s1. The second-order valence-corrected chi connectivity index (χ2v) is 7.73. The highest BCUT2D eigenvalue weighted by Gasteiger charge is 2.31. The van der Waals surface area contributed by atoms with Gasteiger partial charge in [0.2, 0.25) is 16.9 Å². The summed E-state index contributed by atoms with van der Waals surface area (Å²) in [5, 5.41) is 11.3. The average Bonchev–Trinajstić information content (AvgIpc) is 3.08. The van der Waals surface area contributed by atoms with Gasteiger partial charge in [-0.2, -0.15) is 9.71 Å². The first-order valence-corrected chi connectivity index (χ1v) is 9.73. The smallest absolute Gasteiger partial charge is 0.283 e. The molecule has 0 bridgehead atoms. The molecule has 0 aliphatic heterocycles. The summed E-state index contributed by atoms with van der Waals surface area (Å²) in [6, 6.07) is 2.10. The number of hydrogen-bond donors (Lipinski definition) is 1. The quantitative estimate of drug-likeness (QED) is 0.654. The van der Waals surface area contributed by atoms with E-state index in [9.17, 15) is 8.42 Å². The summed E-state index contributed by atoms with van der Waals surface area (Å²) in [5.41, 5.74) is 0. The highest BCUT2D eigenvalue weighted by atomic mass is 32.2. The third kappa shape index (κ3) is 3.27. The molecule has 138 valence electrons. The first-order valence-electron chi connectivity index (χ1n) is 8.24. The fraction of sp³-hybridized carbons (Fsp3) is 0.467. The number of nitrogens with zero attached hydrogens (tertiary/aromatic N) is 4. The number of nitrogens with one attached hydrogen (secondary N) is 1. The van der Waals surface area contributed by atoms with Crippen molar-refractivity contribution >= 4 is 10.0 Å². The topological polar surface area (TPSA) is 137 Å². The predicted octanol–water partition coefficient (Wildman–Crippen LogP) is 2.19. The second kappa shape index (κ2) is 6.32. The maximum atomic E-state index is 12.5. The number of aryl methyl sites for hydroxylation is 1. The van der Waals surface area contributed by atoms with Crippen LogP contribution < -0.4 is 4.72 Å². The maximum absolute atomic E-state index is 12.5. The third-order valence-corrected chi connectivity index (χ3v) is 5.34. The molecule has 0 amide bonds. The predicted molar refractivity (Wildman–Crippen MR) is 86.4 cm³/mol. The van der Waals surface area contributed by atoms with Gasteiger partial charge in [0.1, 0.15) is 0 Å². The van der Waals surface area contributed by atoms with Gasteiger partial charge >= 0.3 is 0 Å². The zero-order valence-corrected chi connectivity index (χ0v) is 15.0. The lowest BCUT2D eigenvalue weighted by molar-refractivity contribution is 0.348. The first kappa shape index (κ1) is 16.9. The lowest BCUT2D eigenvalue weighted by Crippen LogP contribution is -2.26. The number of rotatable bonds is 7. The molecule has 0 radical (unpaired) electrons. The number of aromatic nitrogens is 4. The van der Waals surface area contributed by atoms with Gasteiger partial charge in [-0.3, -0.25) is 0 Å². The molecule has 1 aliphatic carbocycles. The highest BCUT2D eigenvalue weighted by molar-refractivity contribution is 7.89. The molecule has 11 heteroatoms. The maximum Gasteiger partial charge on any atom is 0.283 e. The lowest BCUT2D eigenvalue weighted by Gasteiger charge is -2.08. The van der Waals surface area contributed by atoms with Crippen LogP contribution in [0.5, 0.6) is 0 Å². The summed E-state index contributed by atoms with van der Waals surface area (Å²) in [6.45, 7) is 3.48. The van der Waals surface area contributed by atoms with E-state index in [1.807, 2.05) is 6.92 Å². The van der Waals surface area contributed by atoms with Crippen molar-refractivity contribution in [1.29, 1.82) is 0 Å². The molecule has 3 heterocycles. The monoisotopic (exact) mass is 379 g/mol. The summed E-state index contributed by atoms with van der Waals surface area (Å²) in [6.07, 6.45) is 2.64. The first-order chi connectivity index (χ1) is 12.5. The Morgan fingerprint density at radius 1 is 1.27 bits per heavy atom. The fourth-order valence-corrected chi connectivity index (χ4v) is 3.47. The zero-order valence-electron chi connectivity index (χ0n) is 14.2. The van der Waals surface area contributed by atoms with Gasteiger partial charge in [0.15, 0.2) is 11.6 Å². The largest absolute Gasteiger partial charge is 0.438 e. The van der Waals surface area contributed by atoms with Gasteiger partial charge in [-0.25, -0.2) is 8.42 Å². The summed E-state index contributed by atoms with van der Waals surface area (Å²) in [7, 11) is -3.92. The van der Waals surface area contributed by atoms with Crippen LogP contribution in [0.1, 0.15) is 56.3 Å². The van der Waals surface area contributed by atoms with Crippen LogP contribution in [-0.4, -0.2) is 28.8 Å². The molecule has 0 aromatic carbocycles. The van der Waals surface area contributed by atoms with E-state index in [0.717, 1.165) is 12.8 Å². The van der Waals surface area contributed by atoms with Gasteiger partial charge in [-0.05, 0) is 31.9 Å². The molecule has 0 saturated heterocycles. The molecule has 10 nitrogen and oxygen atoms in total. The van der Waals surface area contributed by atoms with Crippen molar-refractivity contribution in [2.75, 3.05) is 0 Å². The van der Waals surface area contributed by atoms with Gasteiger partial charge in [-0.1, -0.05) is 12.1 Å². The highest BCUT2D eigenvalue weighted by Crippen LogP contribution is 2.40. The van der Waals surface area contributed by atoms with Gasteiger partial charge < -0.3 is 13.4 Å². The van der Waals surface area contributed by atoms with Crippen LogP contribution in [0.3, 0.4) is 0 Å². The van der Waals surface area contributed by atoms with Crippen LogP contribution in [0.2, 0.25) is 0 Å². The van der Waals surface area contributed by atoms with Crippen LogP contribution in [0.15, 0.2) is 30.6 Å². The van der Waals surface area contributed by atoms with Crippen LogP contribution in [0, 0.1) is 0 Å². The summed E-state index contributed by atoms with van der Waals surface area (Å²) >= 11 is 0. The molecule has 1 N–H and O–H groups in total. The van der Waals surface area contributed by atoms with Crippen LogP contribution in [0.4, 0.5) is 0 Å². The van der Waals surface area contributed by atoms with E-state index >= 15 is 0 Å². The van der Waals surface area contributed by atoms with Crippen LogP contribution in [-0.2, 0) is 16.4 Å². The Hall–Kier alpha value is -2.53. The Balaban J connectivity index is 1.51. The zero-order chi connectivity index (χ0) is 18.3. The molecule has 4 rings (SSSR count). The Kier molecular flexibility index (Phi) is 4.11. The number of sulfonamides is 1.